The molecule has 0 bridgehead atoms. The summed E-state index contributed by atoms with van der Waals surface area (Å²) in [6, 6.07) is 23.4. The predicted molar refractivity (Wildman–Crippen MR) is 125 cm³/mol. The number of nitrogens with one attached hydrogen (secondary N) is 1. The predicted octanol–water partition coefficient (Wildman–Crippen LogP) is 4.89. The van der Waals surface area contributed by atoms with Crippen LogP contribution in [0.4, 0.5) is 0 Å². The maximum atomic E-state index is 12.5. The first-order valence-corrected chi connectivity index (χ1v) is 10.3. The first-order chi connectivity index (χ1) is 15.6. The quantitative estimate of drug-likeness (QED) is 0.282. The van der Waals surface area contributed by atoms with E-state index in [1.807, 2.05) is 30.3 Å². The summed E-state index contributed by atoms with van der Waals surface area (Å²) < 4.78 is 10.4. The summed E-state index contributed by atoms with van der Waals surface area (Å²) in [6.07, 6.45) is 1.49. The molecule has 1 N–H and O–H groups in total. The van der Waals surface area contributed by atoms with Gasteiger partial charge in [0, 0.05) is 17.5 Å². The Labute approximate surface area is 187 Å². The Hall–Kier alpha value is -3.93. The van der Waals surface area contributed by atoms with Crippen LogP contribution in [0, 0.1) is 0 Å². The Morgan fingerprint density at radius 3 is 1.84 bits per heavy atom. The van der Waals surface area contributed by atoms with Crippen molar-refractivity contribution >= 4 is 17.4 Å². The Bertz CT molecular complexity index is 1060. The van der Waals surface area contributed by atoms with Gasteiger partial charge in [-0.3, -0.25) is 9.59 Å². The average molecular weight is 431 g/mol. The molecule has 6 heteroatoms. The van der Waals surface area contributed by atoms with E-state index in [1.165, 1.54) is 0 Å². The van der Waals surface area contributed by atoms with Crippen LogP contribution in [0.15, 0.2) is 84.0 Å². The summed E-state index contributed by atoms with van der Waals surface area (Å²) in [5.41, 5.74) is 5.35. The van der Waals surface area contributed by atoms with Gasteiger partial charge >= 0.3 is 0 Å². The first-order valence-electron chi connectivity index (χ1n) is 10.3. The van der Waals surface area contributed by atoms with Gasteiger partial charge in [0.15, 0.2) is 5.78 Å². The fourth-order valence-corrected chi connectivity index (χ4v) is 3.16. The smallest absolute Gasteiger partial charge is 0.271 e. The van der Waals surface area contributed by atoms with Gasteiger partial charge in [0.2, 0.25) is 0 Å². The van der Waals surface area contributed by atoms with Gasteiger partial charge in [0.05, 0.1) is 19.9 Å². The van der Waals surface area contributed by atoms with Gasteiger partial charge in [-0.15, -0.1) is 0 Å². The van der Waals surface area contributed by atoms with Crippen LogP contribution in [0.25, 0.3) is 0 Å². The Kier molecular flexibility index (Phi) is 8.15. The number of carbonyl (C=O) groups is 2. The summed E-state index contributed by atoms with van der Waals surface area (Å²) >= 11 is 0. The van der Waals surface area contributed by atoms with Crippen molar-refractivity contribution in [3.05, 3.63) is 95.6 Å². The topological polar surface area (TPSA) is 77.0 Å². The van der Waals surface area contributed by atoms with Crippen molar-refractivity contribution in [1.82, 2.24) is 5.43 Å². The number of benzene rings is 3. The molecule has 3 aromatic carbocycles. The molecule has 0 atom stereocenters. The summed E-state index contributed by atoms with van der Waals surface area (Å²) in [5.74, 6) is 1.21. The van der Waals surface area contributed by atoms with E-state index >= 15 is 0 Å². The third-order valence-corrected chi connectivity index (χ3v) is 4.98. The highest BCUT2D eigenvalue weighted by molar-refractivity contribution is 6.03. The summed E-state index contributed by atoms with van der Waals surface area (Å²) in [6.45, 7) is 0. The molecule has 0 saturated heterocycles. The lowest BCUT2D eigenvalue weighted by Gasteiger charge is -2.09. The monoisotopic (exact) mass is 430 g/mol. The molecule has 0 aliphatic carbocycles. The van der Waals surface area contributed by atoms with Gasteiger partial charge in [-0.2, -0.15) is 5.10 Å². The molecule has 3 aromatic rings. The number of amides is 1. The molecular weight excluding hydrogens is 404 g/mol. The lowest BCUT2D eigenvalue weighted by Crippen LogP contribution is -2.20. The zero-order valence-electron chi connectivity index (χ0n) is 18.2. The van der Waals surface area contributed by atoms with Crippen LogP contribution >= 0.6 is 0 Å². The highest BCUT2D eigenvalue weighted by atomic mass is 16.5. The standard InChI is InChI=1S/C26H26N2O4/c1-31-22-15-11-19(12-16-22)24(27-28-26(30)21-7-4-3-5-8-21)9-6-10-25(29)20-13-17-23(32-2)18-14-20/h3-5,7-8,11-18H,6,9-10H2,1-2H3,(H,28,30)/b27-24-. The summed E-state index contributed by atoms with van der Waals surface area (Å²) in [5, 5.41) is 4.37. The van der Waals surface area contributed by atoms with Crippen molar-refractivity contribution < 1.29 is 19.1 Å². The molecule has 0 heterocycles. The Morgan fingerprint density at radius 1 is 0.719 bits per heavy atom. The largest absolute Gasteiger partial charge is 0.497 e. The second-order valence-corrected chi connectivity index (χ2v) is 7.10. The van der Waals surface area contributed by atoms with E-state index in [0.29, 0.717) is 41.9 Å². The molecule has 32 heavy (non-hydrogen) atoms. The van der Waals surface area contributed by atoms with E-state index in [9.17, 15) is 9.59 Å². The van der Waals surface area contributed by atoms with Gasteiger partial charge in [-0.05, 0) is 79.1 Å². The molecule has 0 saturated carbocycles. The minimum Gasteiger partial charge on any atom is -0.497 e. The molecule has 164 valence electrons. The van der Waals surface area contributed by atoms with Gasteiger partial charge in [0.1, 0.15) is 11.5 Å². The van der Waals surface area contributed by atoms with Gasteiger partial charge in [-0.1, -0.05) is 18.2 Å². The molecule has 3 rings (SSSR count). The van der Waals surface area contributed by atoms with Crippen LogP contribution < -0.4 is 14.9 Å². The normalized spacial score (nSPS) is 11.0. The summed E-state index contributed by atoms with van der Waals surface area (Å²) in [4.78, 5) is 24.9. The SMILES string of the molecule is COc1ccc(C(=O)CCC/C(=N/NC(=O)c2ccccc2)c2ccc(OC)cc2)cc1. The number of rotatable bonds is 10. The number of ether oxygens (including phenoxy) is 2. The van der Waals surface area contributed by atoms with Gasteiger partial charge in [-0.25, -0.2) is 5.43 Å². The highest BCUT2D eigenvalue weighted by Gasteiger charge is 2.11. The molecular formula is C26H26N2O4. The number of methoxy groups -OCH3 is 2. The van der Waals surface area contributed by atoms with Crippen LogP contribution in [-0.4, -0.2) is 31.6 Å². The molecule has 0 aliphatic heterocycles. The fourth-order valence-electron chi connectivity index (χ4n) is 3.16. The Balaban J connectivity index is 1.68. The molecule has 0 spiro atoms. The van der Waals surface area contributed by atoms with Crippen molar-refractivity contribution in [2.45, 2.75) is 19.3 Å². The molecule has 0 radical (unpaired) electrons. The molecule has 6 nitrogen and oxygen atoms in total. The van der Waals surface area contributed by atoms with Gasteiger partial charge < -0.3 is 9.47 Å². The lowest BCUT2D eigenvalue weighted by atomic mass is 10.0. The number of carbonyl (C=O) groups excluding carboxylic acids is 2. The number of nitrogens with zero attached hydrogens (tertiary/aromatic N) is 1. The molecule has 0 fully saturated rings. The van der Waals surface area contributed by atoms with Crippen molar-refractivity contribution in [2.24, 2.45) is 5.10 Å². The number of hydrogen-bond acceptors (Lipinski definition) is 5. The Morgan fingerprint density at radius 2 is 1.28 bits per heavy atom. The van der Waals surface area contributed by atoms with E-state index in [-0.39, 0.29) is 11.7 Å². The molecule has 0 unspecified atom stereocenters. The summed E-state index contributed by atoms with van der Waals surface area (Å²) in [7, 11) is 3.20. The van der Waals surface area contributed by atoms with Crippen molar-refractivity contribution in [2.75, 3.05) is 14.2 Å². The van der Waals surface area contributed by atoms with Crippen LogP contribution in [0.2, 0.25) is 0 Å². The maximum absolute atomic E-state index is 12.5. The minimum absolute atomic E-state index is 0.0510. The third-order valence-electron chi connectivity index (χ3n) is 4.98. The van der Waals surface area contributed by atoms with E-state index in [4.69, 9.17) is 9.47 Å². The van der Waals surface area contributed by atoms with E-state index < -0.39 is 0 Å². The number of hydrogen-bond donors (Lipinski definition) is 1. The van der Waals surface area contributed by atoms with Crippen molar-refractivity contribution in [3.63, 3.8) is 0 Å². The van der Waals surface area contributed by atoms with Crippen molar-refractivity contribution in [1.29, 1.82) is 0 Å². The average Bonchev–Trinajstić information content (AvgIpc) is 2.86. The number of Topliss-reactive ketones (excluding diaryl/α,β-unsaturated/α-hetero) is 1. The van der Waals surface area contributed by atoms with E-state index in [0.717, 1.165) is 11.3 Å². The van der Waals surface area contributed by atoms with Crippen LogP contribution in [0.3, 0.4) is 0 Å². The second kappa shape index (κ2) is 11.5. The fraction of sp³-hybridized carbons (Fsp3) is 0.192. The van der Waals surface area contributed by atoms with Crippen molar-refractivity contribution in [3.8, 4) is 11.5 Å². The van der Waals surface area contributed by atoms with Crippen LogP contribution in [0.5, 0.6) is 11.5 Å². The zero-order valence-corrected chi connectivity index (χ0v) is 18.2. The number of ketones is 1. The van der Waals surface area contributed by atoms with Crippen LogP contribution in [-0.2, 0) is 0 Å². The zero-order chi connectivity index (χ0) is 22.8. The first kappa shape index (κ1) is 22.7. The molecule has 0 aromatic heterocycles. The van der Waals surface area contributed by atoms with E-state index in [1.54, 1.807) is 62.8 Å². The number of hydrazone groups is 1. The van der Waals surface area contributed by atoms with Gasteiger partial charge in [0.25, 0.3) is 5.91 Å². The van der Waals surface area contributed by atoms with E-state index in [2.05, 4.69) is 10.5 Å². The minimum atomic E-state index is -0.286. The maximum Gasteiger partial charge on any atom is 0.271 e. The molecule has 0 aliphatic rings. The highest BCUT2D eigenvalue weighted by Crippen LogP contribution is 2.17. The third kappa shape index (κ3) is 6.28. The second-order valence-electron chi connectivity index (χ2n) is 7.10. The lowest BCUT2D eigenvalue weighted by molar-refractivity contribution is 0.0951. The molecule has 1 amide bonds. The van der Waals surface area contributed by atoms with Crippen LogP contribution in [0.1, 0.15) is 45.5 Å².